The van der Waals surface area contributed by atoms with Gasteiger partial charge in [-0.1, -0.05) is 12.1 Å². The Kier molecular flexibility index (Phi) is 5.76. The van der Waals surface area contributed by atoms with E-state index in [1.807, 2.05) is 18.2 Å². The lowest BCUT2D eigenvalue weighted by atomic mass is 10.1. The molecule has 8 heteroatoms. The molecule has 2 amide bonds. The Labute approximate surface area is 175 Å². The van der Waals surface area contributed by atoms with Crippen LogP contribution in [0.1, 0.15) is 15.9 Å². The summed E-state index contributed by atoms with van der Waals surface area (Å²) >= 11 is 0. The van der Waals surface area contributed by atoms with Crippen molar-refractivity contribution in [1.82, 2.24) is 15.1 Å². The van der Waals surface area contributed by atoms with Gasteiger partial charge in [-0.2, -0.15) is 0 Å². The molecule has 2 aliphatic rings. The second-order valence-electron chi connectivity index (χ2n) is 7.28. The molecule has 0 aliphatic carbocycles. The third-order valence-corrected chi connectivity index (χ3v) is 5.43. The molecular formula is C22H25N3O5. The number of piperazine rings is 1. The van der Waals surface area contributed by atoms with Crippen LogP contribution in [-0.4, -0.2) is 68.2 Å². The largest absolute Gasteiger partial charge is 0.497 e. The molecular weight excluding hydrogens is 386 g/mol. The van der Waals surface area contributed by atoms with Gasteiger partial charge in [-0.25, -0.2) is 0 Å². The van der Waals surface area contributed by atoms with Crippen LogP contribution < -0.4 is 19.5 Å². The number of methoxy groups -OCH3 is 1. The second-order valence-corrected chi connectivity index (χ2v) is 7.28. The third kappa shape index (κ3) is 4.04. The van der Waals surface area contributed by atoms with Crippen molar-refractivity contribution in [2.24, 2.45) is 0 Å². The molecule has 2 aromatic carbocycles. The highest BCUT2D eigenvalue weighted by molar-refractivity contribution is 5.98. The van der Waals surface area contributed by atoms with Gasteiger partial charge in [0.1, 0.15) is 11.8 Å². The van der Waals surface area contributed by atoms with Crippen molar-refractivity contribution in [3.63, 3.8) is 0 Å². The van der Waals surface area contributed by atoms with E-state index in [4.69, 9.17) is 14.2 Å². The molecule has 158 valence electrons. The molecule has 2 heterocycles. The van der Waals surface area contributed by atoms with E-state index < -0.39 is 6.04 Å². The first kappa shape index (κ1) is 20.0. The minimum Gasteiger partial charge on any atom is -0.497 e. The topological polar surface area (TPSA) is 80.3 Å². The van der Waals surface area contributed by atoms with Gasteiger partial charge in [0.05, 0.1) is 7.11 Å². The van der Waals surface area contributed by atoms with Gasteiger partial charge >= 0.3 is 0 Å². The van der Waals surface area contributed by atoms with Crippen LogP contribution in [0.2, 0.25) is 0 Å². The average molecular weight is 411 g/mol. The molecule has 1 saturated heterocycles. The van der Waals surface area contributed by atoms with Crippen LogP contribution in [0, 0.1) is 0 Å². The van der Waals surface area contributed by atoms with Crippen molar-refractivity contribution in [2.75, 3.05) is 40.6 Å². The number of likely N-dealkylation sites (N-methyl/N-ethyl adjacent to an activating group) is 1. The fourth-order valence-corrected chi connectivity index (χ4v) is 3.84. The quantitative estimate of drug-likeness (QED) is 0.803. The summed E-state index contributed by atoms with van der Waals surface area (Å²) in [5.74, 6) is 1.74. The van der Waals surface area contributed by atoms with Crippen LogP contribution in [0.4, 0.5) is 0 Å². The molecule has 0 aromatic heterocycles. The van der Waals surface area contributed by atoms with Crippen molar-refractivity contribution >= 4 is 11.8 Å². The van der Waals surface area contributed by atoms with Crippen molar-refractivity contribution < 1.29 is 23.8 Å². The molecule has 1 unspecified atom stereocenters. The number of benzene rings is 2. The summed E-state index contributed by atoms with van der Waals surface area (Å²) < 4.78 is 16.0. The molecule has 0 radical (unpaired) electrons. The minimum atomic E-state index is -0.573. The van der Waals surface area contributed by atoms with E-state index in [2.05, 4.69) is 10.2 Å². The predicted molar refractivity (Wildman–Crippen MR) is 110 cm³/mol. The second kappa shape index (κ2) is 8.62. The van der Waals surface area contributed by atoms with Crippen LogP contribution in [-0.2, 0) is 11.3 Å². The first-order chi connectivity index (χ1) is 14.6. The van der Waals surface area contributed by atoms with E-state index in [-0.39, 0.29) is 18.6 Å². The highest BCUT2D eigenvalue weighted by Gasteiger charge is 2.35. The minimum absolute atomic E-state index is 0.176. The van der Waals surface area contributed by atoms with Gasteiger partial charge < -0.3 is 24.4 Å². The fourth-order valence-electron chi connectivity index (χ4n) is 3.84. The van der Waals surface area contributed by atoms with E-state index in [9.17, 15) is 9.59 Å². The SMILES string of the molecule is CNC(=O)C1CN(Cc2ccc3c(c2)OCO3)CCN1C(=O)c1cccc(OC)c1. The maximum absolute atomic E-state index is 13.1. The summed E-state index contributed by atoms with van der Waals surface area (Å²) in [6, 6.07) is 12.3. The number of hydrogen-bond acceptors (Lipinski definition) is 6. The molecule has 1 N–H and O–H groups in total. The summed E-state index contributed by atoms with van der Waals surface area (Å²) in [6.07, 6.45) is 0. The Bertz CT molecular complexity index is 948. The van der Waals surface area contributed by atoms with Gasteiger partial charge in [0.2, 0.25) is 12.7 Å². The number of carbonyl (C=O) groups is 2. The number of fused-ring (bicyclic) bond motifs is 1. The molecule has 1 fully saturated rings. The van der Waals surface area contributed by atoms with Crippen LogP contribution in [0.25, 0.3) is 0 Å². The first-order valence-electron chi connectivity index (χ1n) is 9.86. The zero-order valence-electron chi connectivity index (χ0n) is 17.1. The van der Waals surface area contributed by atoms with Gasteiger partial charge in [0.15, 0.2) is 11.5 Å². The summed E-state index contributed by atoms with van der Waals surface area (Å²) in [5, 5.41) is 2.69. The highest BCUT2D eigenvalue weighted by Crippen LogP contribution is 2.33. The van der Waals surface area contributed by atoms with E-state index in [1.54, 1.807) is 43.3 Å². The number of rotatable bonds is 5. The Hall–Kier alpha value is -3.26. The van der Waals surface area contributed by atoms with Crippen molar-refractivity contribution in [2.45, 2.75) is 12.6 Å². The summed E-state index contributed by atoms with van der Waals surface area (Å²) in [7, 11) is 3.15. The third-order valence-electron chi connectivity index (χ3n) is 5.43. The Morgan fingerprint density at radius 3 is 2.77 bits per heavy atom. The van der Waals surface area contributed by atoms with Crippen molar-refractivity contribution in [3.05, 3.63) is 53.6 Å². The Balaban J connectivity index is 1.49. The maximum Gasteiger partial charge on any atom is 0.254 e. The number of nitrogens with zero attached hydrogens (tertiary/aromatic N) is 2. The molecule has 2 aliphatic heterocycles. The first-order valence-corrected chi connectivity index (χ1v) is 9.86. The van der Waals surface area contributed by atoms with E-state index in [1.165, 1.54) is 0 Å². The fraction of sp³-hybridized carbons (Fsp3) is 0.364. The molecule has 0 bridgehead atoms. The molecule has 30 heavy (non-hydrogen) atoms. The van der Waals surface area contributed by atoms with Gasteiger partial charge in [-0.3, -0.25) is 14.5 Å². The van der Waals surface area contributed by atoms with Gasteiger partial charge in [-0.05, 0) is 35.9 Å². The van der Waals surface area contributed by atoms with E-state index >= 15 is 0 Å². The summed E-state index contributed by atoms with van der Waals surface area (Å²) in [5.41, 5.74) is 1.58. The molecule has 0 spiro atoms. The van der Waals surface area contributed by atoms with Crippen LogP contribution in [0.15, 0.2) is 42.5 Å². The lowest BCUT2D eigenvalue weighted by Gasteiger charge is -2.40. The lowest BCUT2D eigenvalue weighted by molar-refractivity contribution is -0.127. The highest BCUT2D eigenvalue weighted by atomic mass is 16.7. The normalized spacial score (nSPS) is 18.2. The summed E-state index contributed by atoms with van der Waals surface area (Å²) in [6.45, 7) is 2.47. The molecule has 1 atom stereocenters. The average Bonchev–Trinajstić information content (AvgIpc) is 3.26. The van der Waals surface area contributed by atoms with Crippen molar-refractivity contribution in [3.8, 4) is 17.2 Å². The van der Waals surface area contributed by atoms with Crippen LogP contribution >= 0.6 is 0 Å². The zero-order valence-corrected chi connectivity index (χ0v) is 17.1. The number of amides is 2. The standard InChI is InChI=1S/C22H25N3O5/c1-23-21(26)18-13-24(12-15-6-7-19-20(10-15)30-14-29-19)8-9-25(18)22(27)16-4-3-5-17(11-16)28-2/h3-7,10-11,18H,8-9,12-14H2,1-2H3,(H,23,26). The lowest BCUT2D eigenvalue weighted by Crippen LogP contribution is -2.60. The number of nitrogens with one attached hydrogen (secondary N) is 1. The molecule has 0 saturated carbocycles. The number of hydrogen-bond donors (Lipinski definition) is 1. The molecule has 2 aromatic rings. The van der Waals surface area contributed by atoms with Crippen molar-refractivity contribution in [1.29, 1.82) is 0 Å². The zero-order chi connectivity index (χ0) is 21.1. The maximum atomic E-state index is 13.1. The molecule has 4 rings (SSSR count). The summed E-state index contributed by atoms with van der Waals surface area (Å²) in [4.78, 5) is 29.5. The van der Waals surface area contributed by atoms with Gasteiger partial charge in [-0.15, -0.1) is 0 Å². The smallest absolute Gasteiger partial charge is 0.254 e. The monoisotopic (exact) mass is 411 g/mol. The Morgan fingerprint density at radius 1 is 1.13 bits per heavy atom. The molecule has 8 nitrogen and oxygen atoms in total. The van der Waals surface area contributed by atoms with E-state index in [0.29, 0.717) is 37.5 Å². The van der Waals surface area contributed by atoms with Crippen LogP contribution in [0.5, 0.6) is 17.2 Å². The van der Waals surface area contributed by atoms with Gasteiger partial charge in [0.25, 0.3) is 5.91 Å². The van der Waals surface area contributed by atoms with Gasteiger partial charge in [0, 0.05) is 38.8 Å². The van der Waals surface area contributed by atoms with Crippen LogP contribution in [0.3, 0.4) is 0 Å². The van der Waals surface area contributed by atoms with E-state index in [0.717, 1.165) is 17.1 Å². The predicted octanol–water partition coefficient (Wildman–Crippen LogP) is 1.50. The number of carbonyl (C=O) groups excluding carboxylic acids is 2. The Morgan fingerprint density at radius 2 is 1.97 bits per heavy atom. The number of ether oxygens (including phenoxy) is 3.